The number of esters is 1. The van der Waals surface area contributed by atoms with Crippen molar-refractivity contribution in [3.63, 3.8) is 0 Å². The van der Waals surface area contributed by atoms with Gasteiger partial charge in [0.25, 0.3) is 0 Å². The number of aldehydes is 1. The van der Waals surface area contributed by atoms with Crippen LogP contribution in [0.5, 0.6) is 0 Å². The van der Waals surface area contributed by atoms with E-state index in [0.29, 0.717) is 29.8 Å². The van der Waals surface area contributed by atoms with E-state index in [2.05, 4.69) is 10.3 Å². The number of benzene rings is 1. The lowest BCUT2D eigenvalue weighted by molar-refractivity contribution is 0.0499. The highest BCUT2D eigenvalue weighted by Crippen LogP contribution is 2.15. The first-order chi connectivity index (χ1) is 11.2. The van der Waals surface area contributed by atoms with E-state index >= 15 is 0 Å². The lowest BCUT2D eigenvalue weighted by Gasteiger charge is -2.08. The summed E-state index contributed by atoms with van der Waals surface area (Å²) in [5, 5.41) is 7.77. The van der Waals surface area contributed by atoms with Crippen LogP contribution in [0.25, 0.3) is 5.69 Å². The number of unbranched alkanes of at least 4 members (excludes halogenated alkanes) is 1. The molecule has 23 heavy (non-hydrogen) atoms. The van der Waals surface area contributed by atoms with Crippen molar-refractivity contribution in [1.29, 1.82) is 0 Å². The fourth-order valence-corrected chi connectivity index (χ4v) is 2.04. The predicted octanol–water partition coefficient (Wildman–Crippen LogP) is 2.18. The zero-order valence-corrected chi connectivity index (χ0v) is 13.2. The van der Waals surface area contributed by atoms with E-state index < -0.39 is 0 Å². The van der Waals surface area contributed by atoms with Gasteiger partial charge in [-0.1, -0.05) is 24.6 Å². The molecule has 0 saturated heterocycles. The van der Waals surface area contributed by atoms with Gasteiger partial charge in [0.1, 0.15) is 5.69 Å². The highest BCUT2D eigenvalue weighted by molar-refractivity contribution is 5.90. The zero-order valence-electron chi connectivity index (χ0n) is 13.2. The van der Waals surface area contributed by atoms with Crippen LogP contribution in [0.1, 0.15) is 46.3 Å². The smallest absolute Gasteiger partial charge is 0.338 e. The van der Waals surface area contributed by atoms with E-state index in [4.69, 9.17) is 9.47 Å². The summed E-state index contributed by atoms with van der Waals surface area (Å²) in [6, 6.07) is 6.82. The second-order valence-electron chi connectivity index (χ2n) is 4.92. The largest absolute Gasteiger partial charge is 0.462 e. The SMILES string of the molecule is CCCCOC(=O)c1cccc(-n2nnc(C=O)c2COC)c1. The summed E-state index contributed by atoms with van der Waals surface area (Å²) in [6.07, 6.45) is 2.41. The first kappa shape index (κ1) is 16.8. The van der Waals surface area contributed by atoms with Crippen LogP contribution >= 0.6 is 0 Å². The Bertz CT molecular complexity index is 682. The van der Waals surface area contributed by atoms with E-state index in [0.717, 1.165) is 12.8 Å². The average Bonchev–Trinajstić information content (AvgIpc) is 2.98. The van der Waals surface area contributed by atoms with Gasteiger partial charge in [-0.05, 0) is 24.6 Å². The fourth-order valence-electron chi connectivity index (χ4n) is 2.04. The van der Waals surface area contributed by atoms with Gasteiger partial charge in [-0.15, -0.1) is 5.10 Å². The summed E-state index contributed by atoms with van der Waals surface area (Å²) in [6.45, 7) is 2.61. The molecule has 0 N–H and O–H groups in total. The molecule has 2 rings (SSSR count). The average molecular weight is 317 g/mol. The molecule has 0 bridgehead atoms. The van der Waals surface area contributed by atoms with E-state index in [1.165, 1.54) is 11.8 Å². The molecule has 122 valence electrons. The van der Waals surface area contributed by atoms with Crippen molar-refractivity contribution >= 4 is 12.3 Å². The first-order valence-corrected chi connectivity index (χ1v) is 7.37. The monoisotopic (exact) mass is 317 g/mol. The topological polar surface area (TPSA) is 83.3 Å². The lowest BCUT2D eigenvalue weighted by Crippen LogP contribution is -2.09. The third-order valence-corrected chi connectivity index (χ3v) is 3.24. The van der Waals surface area contributed by atoms with Gasteiger partial charge in [-0.2, -0.15) is 0 Å². The van der Waals surface area contributed by atoms with E-state index in [9.17, 15) is 9.59 Å². The molecule has 0 aliphatic heterocycles. The molecule has 1 aromatic heterocycles. The van der Waals surface area contributed by atoms with Crippen molar-refractivity contribution in [2.45, 2.75) is 26.4 Å². The third-order valence-electron chi connectivity index (χ3n) is 3.24. The van der Waals surface area contributed by atoms with Crippen LogP contribution in [0.4, 0.5) is 0 Å². The van der Waals surface area contributed by atoms with E-state index in [1.807, 2.05) is 6.92 Å². The van der Waals surface area contributed by atoms with Crippen molar-refractivity contribution in [1.82, 2.24) is 15.0 Å². The van der Waals surface area contributed by atoms with Gasteiger partial charge in [-0.3, -0.25) is 4.79 Å². The van der Waals surface area contributed by atoms with Gasteiger partial charge in [0.15, 0.2) is 12.0 Å². The van der Waals surface area contributed by atoms with Gasteiger partial charge in [0, 0.05) is 7.11 Å². The molecule has 7 heteroatoms. The number of carbonyl (C=O) groups excluding carboxylic acids is 2. The molecular formula is C16H19N3O4. The summed E-state index contributed by atoms with van der Waals surface area (Å²) in [4.78, 5) is 23.0. The number of carbonyl (C=O) groups is 2. The second kappa shape index (κ2) is 8.19. The molecule has 0 saturated carbocycles. The Morgan fingerprint density at radius 2 is 2.22 bits per heavy atom. The van der Waals surface area contributed by atoms with Crippen LogP contribution in [0, 0.1) is 0 Å². The molecule has 0 atom stereocenters. The fraction of sp³-hybridized carbons (Fsp3) is 0.375. The van der Waals surface area contributed by atoms with Crippen LogP contribution in [0.3, 0.4) is 0 Å². The van der Waals surface area contributed by atoms with Crippen molar-refractivity contribution in [3.8, 4) is 5.69 Å². The molecule has 0 unspecified atom stereocenters. The quantitative estimate of drug-likeness (QED) is 0.421. The Balaban J connectivity index is 2.28. The minimum Gasteiger partial charge on any atom is -0.462 e. The molecule has 7 nitrogen and oxygen atoms in total. The maximum atomic E-state index is 12.0. The molecule has 1 heterocycles. The standard InChI is InChI=1S/C16H19N3O4/c1-3-4-8-23-16(21)12-6-5-7-13(9-12)19-15(11-22-2)14(10-20)17-18-19/h5-7,9-10H,3-4,8,11H2,1-2H3. The Labute approximate surface area is 134 Å². The minimum atomic E-state index is -0.385. The summed E-state index contributed by atoms with van der Waals surface area (Å²) in [7, 11) is 1.52. The van der Waals surface area contributed by atoms with Crippen LogP contribution in [-0.2, 0) is 16.1 Å². The van der Waals surface area contributed by atoms with Crippen LogP contribution < -0.4 is 0 Å². The van der Waals surface area contributed by atoms with Gasteiger partial charge in [-0.25, -0.2) is 9.48 Å². The highest BCUT2D eigenvalue weighted by atomic mass is 16.5. The number of nitrogens with zero attached hydrogens (tertiary/aromatic N) is 3. The maximum absolute atomic E-state index is 12.0. The van der Waals surface area contributed by atoms with Gasteiger partial charge in [0.2, 0.25) is 0 Å². The second-order valence-corrected chi connectivity index (χ2v) is 4.92. The van der Waals surface area contributed by atoms with Crippen molar-refractivity contribution in [2.75, 3.05) is 13.7 Å². The Hall–Kier alpha value is -2.54. The first-order valence-electron chi connectivity index (χ1n) is 7.37. The molecule has 1 aromatic carbocycles. The van der Waals surface area contributed by atoms with Crippen molar-refractivity contribution in [3.05, 3.63) is 41.2 Å². The molecule has 0 aliphatic rings. The van der Waals surface area contributed by atoms with E-state index in [-0.39, 0.29) is 18.3 Å². The molecule has 2 aromatic rings. The number of rotatable bonds is 8. The summed E-state index contributed by atoms with van der Waals surface area (Å²) in [5.41, 5.74) is 1.77. The molecule has 0 fully saturated rings. The Morgan fingerprint density at radius 3 is 2.91 bits per heavy atom. The van der Waals surface area contributed by atoms with Gasteiger partial charge in [0.05, 0.1) is 24.5 Å². The molecule has 0 radical (unpaired) electrons. The summed E-state index contributed by atoms with van der Waals surface area (Å²) in [5.74, 6) is -0.385. The van der Waals surface area contributed by atoms with Crippen LogP contribution in [-0.4, -0.2) is 41.0 Å². The van der Waals surface area contributed by atoms with Gasteiger partial charge >= 0.3 is 5.97 Å². The maximum Gasteiger partial charge on any atom is 0.338 e. The van der Waals surface area contributed by atoms with Crippen molar-refractivity contribution in [2.24, 2.45) is 0 Å². The lowest BCUT2D eigenvalue weighted by atomic mass is 10.2. The highest BCUT2D eigenvalue weighted by Gasteiger charge is 2.15. The van der Waals surface area contributed by atoms with Crippen molar-refractivity contribution < 1.29 is 19.1 Å². The summed E-state index contributed by atoms with van der Waals surface area (Å²) >= 11 is 0. The Morgan fingerprint density at radius 1 is 1.39 bits per heavy atom. The normalized spacial score (nSPS) is 10.5. The number of hydrogen-bond acceptors (Lipinski definition) is 6. The number of ether oxygens (including phenoxy) is 2. The summed E-state index contributed by atoms with van der Waals surface area (Å²) < 4.78 is 11.8. The predicted molar refractivity (Wildman–Crippen MR) is 82.7 cm³/mol. The van der Waals surface area contributed by atoms with E-state index in [1.54, 1.807) is 24.3 Å². The number of methoxy groups -OCH3 is 1. The number of hydrogen-bond donors (Lipinski definition) is 0. The minimum absolute atomic E-state index is 0.187. The van der Waals surface area contributed by atoms with Gasteiger partial charge < -0.3 is 9.47 Å². The number of aromatic nitrogens is 3. The molecule has 0 aliphatic carbocycles. The molecular weight excluding hydrogens is 298 g/mol. The Kier molecular flexibility index (Phi) is 5.99. The molecule has 0 spiro atoms. The third kappa shape index (κ3) is 4.01. The van der Waals surface area contributed by atoms with Crippen LogP contribution in [0.15, 0.2) is 24.3 Å². The van der Waals surface area contributed by atoms with Crippen LogP contribution in [0.2, 0.25) is 0 Å². The molecule has 0 amide bonds. The zero-order chi connectivity index (χ0) is 16.7.